The zero-order chi connectivity index (χ0) is 18.8. The number of imidazole rings is 1. The third kappa shape index (κ3) is 3.50. The second-order valence-corrected chi connectivity index (χ2v) is 7.19. The second-order valence-electron chi connectivity index (χ2n) is 7.19. The maximum Gasteiger partial charge on any atom is 0.272 e. The number of rotatable bonds is 4. The summed E-state index contributed by atoms with van der Waals surface area (Å²) in [6.45, 7) is 3.04. The lowest BCUT2D eigenvalue weighted by atomic mass is 9.90. The lowest BCUT2D eigenvalue weighted by molar-refractivity contribution is -0.123. The summed E-state index contributed by atoms with van der Waals surface area (Å²) in [4.78, 5) is 32.2. The van der Waals surface area contributed by atoms with E-state index in [2.05, 4.69) is 4.98 Å². The summed E-state index contributed by atoms with van der Waals surface area (Å²) < 4.78 is 1.84. The Morgan fingerprint density at radius 2 is 1.89 bits per heavy atom. The van der Waals surface area contributed by atoms with Gasteiger partial charge in [0.25, 0.3) is 5.91 Å². The fraction of sp³-hybridized carbons (Fsp3) is 0.318. The first-order valence-electron chi connectivity index (χ1n) is 9.43. The van der Waals surface area contributed by atoms with E-state index in [4.69, 9.17) is 0 Å². The number of aromatic nitrogens is 2. The van der Waals surface area contributed by atoms with Gasteiger partial charge in [0, 0.05) is 31.6 Å². The predicted octanol–water partition coefficient (Wildman–Crippen LogP) is 3.31. The van der Waals surface area contributed by atoms with E-state index in [1.165, 1.54) is 0 Å². The lowest BCUT2D eigenvalue weighted by Crippen LogP contribution is -2.43. The van der Waals surface area contributed by atoms with E-state index in [-0.39, 0.29) is 17.6 Å². The summed E-state index contributed by atoms with van der Waals surface area (Å²) in [5, 5.41) is 0. The van der Waals surface area contributed by atoms with Gasteiger partial charge in [-0.1, -0.05) is 36.4 Å². The molecule has 0 N–H and O–H groups in total. The number of pyridine rings is 1. The zero-order valence-electron chi connectivity index (χ0n) is 15.5. The van der Waals surface area contributed by atoms with Crippen LogP contribution in [0.2, 0.25) is 0 Å². The topological polar surface area (TPSA) is 54.7 Å². The van der Waals surface area contributed by atoms with Crippen LogP contribution < -0.4 is 0 Å². The van der Waals surface area contributed by atoms with Crippen molar-refractivity contribution in [2.75, 3.05) is 13.1 Å². The maximum absolute atomic E-state index is 13.2. The summed E-state index contributed by atoms with van der Waals surface area (Å²) in [6, 6.07) is 15.5. The molecule has 5 nitrogen and oxygen atoms in total. The van der Waals surface area contributed by atoms with Crippen molar-refractivity contribution in [1.29, 1.82) is 0 Å². The van der Waals surface area contributed by atoms with Gasteiger partial charge in [0.15, 0.2) is 0 Å². The van der Waals surface area contributed by atoms with Crippen molar-refractivity contribution in [2.24, 2.45) is 5.92 Å². The SMILES string of the molecule is Cc1nc2ccccn2c1C(=O)N1CCC[C@@H](C(=O)Cc2ccccc2)C1. The number of amides is 1. The normalized spacial score (nSPS) is 17.2. The number of carbonyl (C=O) groups is 2. The van der Waals surface area contributed by atoms with E-state index < -0.39 is 0 Å². The van der Waals surface area contributed by atoms with E-state index in [0.29, 0.717) is 25.2 Å². The molecule has 1 amide bonds. The van der Waals surface area contributed by atoms with E-state index in [0.717, 1.165) is 29.7 Å². The molecule has 1 atom stereocenters. The van der Waals surface area contributed by atoms with Crippen LogP contribution in [0.5, 0.6) is 0 Å². The van der Waals surface area contributed by atoms with Crippen LogP contribution in [0, 0.1) is 12.8 Å². The van der Waals surface area contributed by atoms with Crippen molar-refractivity contribution in [3.63, 3.8) is 0 Å². The molecule has 0 aliphatic carbocycles. The molecule has 1 fully saturated rings. The summed E-state index contributed by atoms with van der Waals surface area (Å²) in [5.41, 5.74) is 3.13. The molecule has 0 bridgehead atoms. The number of benzene rings is 1. The van der Waals surface area contributed by atoms with Gasteiger partial charge < -0.3 is 4.90 Å². The van der Waals surface area contributed by atoms with E-state index in [9.17, 15) is 9.59 Å². The van der Waals surface area contributed by atoms with Gasteiger partial charge in [-0.25, -0.2) is 4.98 Å². The van der Waals surface area contributed by atoms with Crippen molar-refractivity contribution >= 4 is 17.3 Å². The number of fused-ring (bicyclic) bond motifs is 1. The summed E-state index contributed by atoms with van der Waals surface area (Å²) in [5.74, 6) is 0.0828. The standard InChI is InChI=1S/C22H23N3O2/c1-16-21(25-13-6-5-11-20(25)23-16)22(27)24-12-7-10-18(15-24)19(26)14-17-8-3-2-4-9-17/h2-6,8-9,11,13,18H,7,10,12,14-15H2,1H3/t18-/m1/s1. The van der Waals surface area contributed by atoms with Crippen LogP contribution >= 0.6 is 0 Å². The van der Waals surface area contributed by atoms with Gasteiger partial charge >= 0.3 is 0 Å². The third-order valence-electron chi connectivity index (χ3n) is 5.29. The number of likely N-dealkylation sites (tertiary alicyclic amines) is 1. The lowest BCUT2D eigenvalue weighted by Gasteiger charge is -2.32. The number of Topliss-reactive ketones (excluding diaryl/α,β-unsaturated/α-hetero) is 1. The van der Waals surface area contributed by atoms with Gasteiger partial charge in [-0.05, 0) is 37.5 Å². The molecule has 0 radical (unpaired) electrons. The van der Waals surface area contributed by atoms with Crippen LogP contribution in [0.25, 0.3) is 5.65 Å². The molecule has 1 saturated heterocycles. The third-order valence-corrected chi connectivity index (χ3v) is 5.29. The number of aryl methyl sites for hydroxylation is 1. The molecule has 1 aromatic carbocycles. The highest BCUT2D eigenvalue weighted by Crippen LogP contribution is 2.22. The van der Waals surface area contributed by atoms with Gasteiger partial charge in [0.1, 0.15) is 17.1 Å². The van der Waals surface area contributed by atoms with Crippen LogP contribution in [0.3, 0.4) is 0 Å². The molecule has 1 aliphatic rings. The smallest absolute Gasteiger partial charge is 0.272 e. The van der Waals surface area contributed by atoms with Crippen molar-refractivity contribution in [2.45, 2.75) is 26.2 Å². The Balaban J connectivity index is 1.51. The van der Waals surface area contributed by atoms with Crippen LogP contribution in [0.4, 0.5) is 0 Å². The van der Waals surface area contributed by atoms with Crippen molar-refractivity contribution in [3.8, 4) is 0 Å². The Hall–Kier alpha value is -2.95. The molecule has 138 valence electrons. The van der Waals surface area contributed by atoms with Crippen LogP contribution in [-0.4, -0.2) is 39.1 Å². The minimum Gasteiger partial charge on any atom is -0.337 e. The number of hydrogen-bond donors (Lipinski definition) is 0. The van der Waals surface area contributed by atoms with Crippen molar-refractivity contribution < 1.29 is 9.59 Å². The monoisotopic (exact) mass is 361 g/mol. The predicted molar refractivity (Wildman–Crippen MR) is 104 cm³/mol. The minimum atomic E-state index is -0.0950. The molecule has 1 aliphatic heterocycles. The fourth-order valence-corrected chi connectivity index (χ4v) is 3.89. The largest absolute Gasteiger partial charge is 0.337 e. The fourth-order valence-electron chi connectivity index (χ4n) is 3.89. The van der Waals surface area contributed by atoms with E-state index >= 15 is 0 Å². The van der Waals surface area contributed by atoms with Gasteiger partial charge in [-0.3, -0.25) is 14.0 Å². The summed E-state index contributed by atoms with van der Waals surface area (Å²) in [6.07, 6.45) is 4.00. The quantitative estimate of drug-likeness (QED) is 0.716. The van der Waals surface area contributed by atoms with Crippen molar-refractivity contribution in [3.05, 3.63) is 71.7 Å². The average molecular weight is 361 g/mol. The Kier molecular flexibility index (Phi) is 4.75. The number of carbonyl (C=O) groups excluding carboxylic acids is 2. The van der Waals surface area contributed by atoms with Gasteiger partial charge in [0.05, 0.1) is 5.69 Å². The van der Waals surface area contributed by atoms with Crippen LogP contribution in [-0.2, 0) is 11.2 Å². The number of ketones is 1. The molecular formula is C22H23N3O2. The molecule has 3 aromatic rings. The van der Waals surface area contributed by atoms with Crippen LogP contribution in [0.1, 0.15) is 34.6 Å². The Morgan fingerprint density at radius 3 is 2.70 bits per heavy atom. The number of piperidine rings is 1. The molecule has 0 unspecified atom stereocenters. The van der Waals surface area contributed by atoms with E-state index in [1.807, 2.05) is 71.0 Å². The highest BCUT2D eigenvalue weighted by Gasteiger charge is 2.30. The second kappa shape index (κ2) is 7.35. The van der Waals surface area contributed by atoms with Gasteiger partial charge in [0.2, 0.25) is 0 Å². The molecule has 0 spiro atoms. The first kappa shape index (κ1) is 17.5. The molecular weight excluding hydrogens is 338 g/mol. The van der Waals surface area contributed by atoms with Gasteiger partial charge in [-0.15, -0.1) is 0 Å². The van der Waals surface area contributed by atoms with Gasteiger partial charge in [-0.2, -0.15) is 0 Å². The molecule has 4 rings (SSSR count). The molecule has 27 heavy (non-hydrogen) atoms. The Bertz CT molecular complexity index is 978. The maximum atomic E-state index is 13.2. The van der Waals surface area contributed by atoms with Crippen LogP contribution in [0.15, 0.2) is 54.7 Å². The first-order valence-corrected chi connectivity index (χ1v) is 9.43. The molecule has 2 aromatic heterocycles. The summed E-state index contributed by atoms with van der Waals surface area (Å²) >= 11 is 0. The Morgan fingerprint density at radius 1 is 1.11 bits per heavy atom. The summed E-state index contributed by atoms with van der Waals surface area (Å²) in [7, 11) is 0. The number of hydrogen-bond acceptors (Lipinski definition) is 3. The molecule has 3 heterocycles. The highest BCUT2D eigenvalue weighted by atomic mass is 16.2. The minimum absolute atomic E-state index is 0.0385. The Labute approximate surface area is 158 Å². The van der Waals surface area contributed by atoms with E-state index in [1.54, 1.807) is 0 Å². The average Bonchev–Trinajstić information content (AvgIpc) is 3.04. The number of nitrogens with zero attached hydrogens (tertiary/aromatic N) is 3. The first-order chi connectivity index (χ1) is 13.1. The highest BCUT2D eigenvalue weighted by molar-refractivity contribution is 5.95. The molecule has 0 saturated carbocycles. The van der Waals surface area contributed by atoms with Crippen molar-refractivity contribution in [1.82, 2.24) is 14.3 Å². The zero-order valence-corrected chi connectivity index (χ0v) is 15.5. The molecule has 5 heteroatoms.